The standard InChI is InChI=1S/C12H20N2O/c1-2-3-7-10-13-12(15)14-11-8-5-4-6-9-11/h11H,4-10H2,1H3,(H2,13,14,15). The zero-order valence-corrected chi connectivity index (χ0v) is 9.44. The van der Waals surface area contributed by atoms with Crippen LogP contribution < -0.4 is 10.6 Å². The van der Waals surface area contributed by atoms with E-state index in [4.69, 9.17) is 0 Å². The zero-order chi connectivity index (χ0) is 10.9. The van der Waals surface area contributed by atoms with Gasteiger partial charge in [0.25, 0.3) is 0 Å². The molecule has 0 spiro atoms. The summed E-state index contributed by atoms with van der Waals surface area (Å²) in [6, 6.07) is 0.343. The Kier molecular flexibility index (Phi) is 5.69. The molecule has 0 bridgehead atoms. The molecule has 0 saturated heterocycles. The van der Waals surface area contributed by atoms with Gasteiger partial charge in [-0.3, -0.25) is 0 Å². The van der Waals surface area contributed by atoms with E-state index in [1.165, 1.54) is 19.3 Å². The molecule has 0 aromatic carbocycles. The van der Waals surface area contributed by atoms with Crippen LogP contribution >= 0.6 is 0 Å². The summed E-state index contributed by atoms with van der Waals surface area (Å²) in [6.45, 7) is 2.45. The molecule has 1 aliphatic carbocycles. The number of rotatable bonds is 3. The monoisotopic (exact) mass is 208 g/mol. The van der Waals surface area contributed by atoms with Crippen LogP contribution in [0.5, 0.6) is 0 Å². The Morgan fingerprint density at radius 2 is 2.07 bits per heavy atom. The van der Waals surface area contributed by atoms with Crippen LogP contribution in [0.1, 0.15) is 45.4 Å². The van der Waals surface area contributed by atoms with E-state index in [0.717, 1.165) is 19.3 Å². The molecule has 15 heavy (non-hydrogen) atoms. The van der Waals surface area contributed by atoms with Gasteiger partial charge in [-0.25, -0.2) is 4.79 Å². The number of hydrogen-bond donors (Lipinski definition) is 2. The molecule has 3 nitrogen and oxygen atoms in total. The van der Waals surface area contributed by atoms with Crippen molar-refractivity contribution in [3.63, 3.8) is 0 Å². The predicted molar refractivity (Wildman–Crippen MR) is 61.5 cm³/mol. The van der Waals surface area contributed by atoms with Crippen LogP contribution in [0, 0.1) is 11.8 Å². The summed E-state index contributed by atoms with van der Waals surface area (Å²) >= 11 is 0. The number of amides is 2. The van der Waals surface area contributed by atoms with Crippen molar-refractivity contribution in [2.24, 2.45) is 0 Å². The first kappa shape index (κ1) is 11.9. The van der Waals surface area contributed by atoms with E-state index in [2.05, 4.69) is 22.5 Å². The third kappa shape index (κ3) is 5.31. The van der Waals surface area contributed by atoms with Gasteiger partial charge in [-0.2, -0.15) is 0 Å². The quantitative estimate of drug-likeness (QED) is 0.541. The minimum Gasteiger partial charge on any atom is -0.337 e. The fourth-order valence-corrected chi connectivity index (χ4v) is 1.85. The average molecular weight is 208 g/mol. The summed E-state index contributed by atoms with van der Waals surface area (Å²) in [5.74, 6) is 5.72. The topological polar surface area (TPSA) is 41.1 Å². The molecule has 1 saturated carbocycles. The maximum atomic E-state index is 11.4. The second kappa shape index (κ2) is 7.17. The molecular weight excluding hydrogens is 188 g/mol. The number of carbonyl (C=O) groups is 1. The third-order valence-electron chi connectivity index (χ3n) is 2.65. The molecule has 0 heterocycles. The highest BCUT2D eigenvalue weighted by atomic mass is 16.2. The van der Waals surface area contributed by atoms with E-state index in [1.54, 1.807) is 0 Å². The molecule has 0 aromatic rings. The van der Waals surface area contributed by atoms with Crippen molar-refractivity contribution in [3.05, 3.63) is 0 Å². The summed E-state index contributed by atoms with van der Waals surface area (Å²) in [6.07, 6.45) is 6.78. The van der Waals surface area contributed by atoms with Crippen molar-refractivity contribution in [2.45, 2.75) is 51.5 Å². The minimum atomic E-state index is -0.0418. The van der Waals surface area contributed by atoms with Gasteiger partial charge in [0, 0.05) is 19.0 Å². The first-order valence-corrected chi connectivity index (χ1v) is 5.77. The first-order chi connectivity index (χ1) is 7.33. The molecule has 2 N–H and O–H groups in total. The smallest absolute Gasteiger partial charge is 0.315 e. The van der Waals surface area contributed by atoms with Gasteiger partial charge in [0.1, 0.15) is 0 Å². The highest BCUT2D eigenvalue weighted by Crippen LogP contribution is 2.16. The minimum absolute atomic E-state index is 0.0418. The fraction of sp³-hybridized carbons (Fsp3) is 0.750. The molecule has 3 heteroatoms. The molecule has 0 radical (unpaired) electrons. The highest BCUT2D eigenvalue weighted by molar-refractivity contribution is 5.74. The lowest BCUT2D eigenvalue weighted by atomic mass is 9.96. The van der Waals surface area contributed by atoms with Crippen molar-refractivity contribution < 1.29 is 4.79 Å². The molecule has 0 aromatic heterocycles. The van der Waals surface area contributed by atoms with E-state index in [-0.39, 0.29) is 6.03 Å². The van der Waals surface area contributed by atoms with Crippen molar-refractivity contribution in [3.8, 4) is 11.8 Å². The van der Waals surface area contributed by atoms with Gasteiger partial charge in [0.15, 0.2) is 0 Å². The summed E-state index contributed by atoms with van der Waals surface area (Å²) in [5.41, 5.74) is 0. The Balaban J connectivity index is 2.08. The van der Waals surface area contributed by atoms with E-state index in [0.29, 0.717) is 12.6 Å². The van der Waals surface area contributed by atoms with Gasteiger partial charge in [0.2, 0.25) is 0 Å². The molecule has 1 rings (SSSR count). The molecule has 1 fully saturated rings. The SMILES string of the molecule is CC#CCCNC(=O)NC1CCCCC1. The normalized spacial score (nSPS) is 16.3. The van der Waals surface area contributed by atoms with Crippen LogP contribution in [-0.2, 0) is 0 Å². The van der Waals surface area contributed by atoms with Gasteiger partial charge in [0.05, 0.1) is 0 Å². The molecule has 0 aliphatic heterocycles. The molecule has 0 unspecified atom stereocenters. The first-order valence-electron chi connectivity index (χ1n) is 5.77. The zero-order valence-electron chi connectivity index (χ0n) is 9.44. The predicted octanol–water partition coefficient (Wildman–Crippen LogP) is 2.03. The van der Waals surface area contributed by atoms with Crippen molar-refractivity contribution in [2.75, 3.05) is 6.54 Å². The summed E-state index contributed by atoms with van der Waals surface area (Å²) < 4.78 is 0. The molecule has 2 amide bonds. The second-order valence-electron chi connectivity index (χ2n) is 3.91. The molecular formula is C12H20N2O. The van der Waals surface area contributed by atoms with Gasteiger partial charge in [-0.1, -0.05) is 19.3 Å². The van der Waals surface area contributed by atoms with Gasteiger partial charge >= 0.3 is 6.03 Å². The van der Waals surface area contributed by atoms with E-state index >= 15 is 0 Å². The van der Waals surface area contributed by atoms with Crippen LogP contribution in [0.25, 0.3) is 0 Å². The van der Waals surface area contributed by atoms with Crippen LogP contribution in [0.2, 0.25) is 0 Å². The second-order valence-corrected chi connectivity index (χ2v) is 3.91. The third-order valence-corrected chi connectivity index (χ3v) is 2.65. The average Bonchev–Trinajstić information content (AvgIpc) is 2.26. The number of urea groups is 1. The van der Waals surface area contributed by atoms with Gasteiger partial charge < -0.3 is 10.6 Å². The maximum Gasteiger partial charge on any atom is 0.315 e. The van der Waals surface area contributed by atoms with Gasteiger partial charge in [-0.05, 0) is 19.8 Å². The number of nitrogens with one attached hydrogen (secondary N) is 2. The van der Waals surface area contributed by atoms with Crippen molar-refractivity contribution >= 4 is 6.03 Å². The lowest BCUT2D eigenvalue weighted by Gasteiger charge is -2.22. The lowest BCUT2D eigenvalue weighted by Crippen LogP contribution is -2.43. The highest BCUT2D eigenvalue weighted by Gasteiger charge is 2.14. The van der Waals surface area contributed by atoms with Crippen LogP contribution in [0.15, 0.2) is 0 Å². The van der Waals surface area contributed by atoms with Crippen molar-refractivity contribution in [1.82, 2.24) is 10.6 Å². The Hall–Kier alpha value is -1.17. The number of hydrogen-bond acceptors (Lipinski definition) is 1. The lowest BCUT2D eigenvalue weighted by molar-refractivity contribution is 0.233. The Labute approximate surface area is 92.0 Å². The summed E-state index contributed by atoms with van der Waals surface area (Å²) in [7, 11) is 0. The van der Waals surface area contributed by atoms with E-state index < -0.39 is 0 Å². The Morgan fingerprint density at radius 3 is 2.73 bits per heavy atom. The van der Waals surface area contributed by atoms with Crippen molar-refractivity contribution in [1.29, 1.82) is 0 Å². The summed E-state index contributed by atoms with van der Waals surface area (Å²) in [4.78, 5) is 11.4. The van der Waals surface area contributed by atoms with Crippen LogP contribution in [0.3, 0.4) is 0 Å². The maximum absolute atomic E-state index is 11.4. The van der Waals surface area contributed by atoms with E-state index in [1.807, 2.05) is 6.92 Å². The van der Waals surface area contributed by atoms with Crippen LogP contribution in [0.4, 0.5) is 4.79 Å². The molecule has 1 aliphatic rings. The Bertz CT molecular complexity index is 246. The molecule has 84 valence electrons. The van der Waals surface area contributed by atoms with Crippen LogP contribution in [-0.4, -0.2) is 18.6 Å². The summed E-state index contributed by atoms with van der Waals surface area (Å²) in [5, 5.41) is 5.81. The molecule has 0 atom stereocenters. The largest absolute Gasteiger partial charge is 0.337 e. The number of carbonyl (C=O) groups excluding carboxylic acids is 1. The van der Waals surface area contributed by atoms with Gasteiger partial charge in [-0.15, -0.1) is 11.8 Å². The fourth-order valence-electron chi connectivity index (χ4n) is 1.85. The van der Waals surface area contributed by atoms with E-state index in [9.17, 15) is 4.79 Å². The Morgan fingerprint density at radius 1 is 1.33 bits per heavy atom.